The third kappa shape index (κ3) is 5.64. The molecule has 0 aromatic heterocycles. The highest BCUT2D eigenvalue weighted by atomic mass is 79.9. The fourth-order valence-corrected chi connectivity index (χ4v) is 2.41. The van der Waals surface area contributed by atoms with Crippen LogP contribution in [0, 0.1) is 0 Å². The van der Waals surface area contributed by atoms with Gasteiger partial charge in [-0.25, -0.2) is 4.79 Å². The zero-order valence-electron chi connectivity index (χ0n) is 11.3. The summed E-state index contributed by atoms with van der Waals surface area (Å²) in [7, 11) is 0. The number of carboxylic acids is 1. The Balaban J connectivity index is 2.37. The van der Waals surface area contributed by atoms with Crippen LogP contribution in [-0.4, -0.2) is 17.7 Å². The van der Waals surface area contributed by atoms with E-state index in [1.165, 1.54) is 25.7 Å². The van der Waals surface area contributed by atoms with Crippen LogP contribution in [0.25, 0.3) is 0 Å². The van der Waals surface area contributed by atoms with Gasteiger partial charge in [-0.15, -0.1) is 0 Å². The van der Waals surface area contributed by atoms with Crippen LogP contribution in [0.2, 0.25) is 0 Å². The molecule has 19 heavy (non-hydrogen) atoms. The van der Waals surface area contributed by atoms with Crippen LogP contribution in [-0.2, 0) is 0 Å². The normalized spacial score (nSPS) is 10.4. The lowest BCUT2D eigenvalue weighted by atomic mass is 10.1. The average Bonchev–Trinajstić information content (AvgIpc) is 2.37. The minimum Gasteiger partial charge on any atom is -0.493 e. The highest BCUT2D eigenvalue weighted by Gasteiger charge is 2.14. The van der Waals surface area contributed by atoms with E-state index in [4.69, 9.17) is 9.84 Å². The second-order valence-corrected chi connectivity index (χ2v) is 5.39. The van der Waals surface area contributed by atoms with E-state index < -0.39 is 5.97 Å². The molecule has 0 saturated carbocycles. The van der Waals surface area contributed by atoms with Gasteiger partial charge >= 0.3 is 5.97 Å². The number of unbranched alkanes of at least 4 members (excludes halogenated alkanes) is 5. The van der Waals surface area contributed by atoms with Crippen molar-refractivity contribution >= 4 is 21.9 Å². The van der Waals surface area contributed by atoms with Gasteiger partial charge < -0.3 is 9.84 Å². The number of rotatable bonds is 9. The molecule has 106 valence electrons. The van der Waals surface area contributed by atoms with Gasteiger partial charge in [-0.2, -0.15) is 0 Å². The highest BCUT2D eigenvalue weighted by Crippen LogP contribution is 2.26. The summed E-state index contributed by atoms with van der Waals surface area (Å²) in [5.74, 6) is -0.527. The predicted octanol–water partition coefficient (Wildman–Crippen LogP) is 4.89. The Morgan fingerprint density at radius 3 is 2.58 bits per heavy atom. The van der Waals surface area contributed by atoms with Crippen molar-refractivity contribution in [2.45, 2.75) is 45.4 Å². The maximum atomic E-state index is 11.1. The Kier molecular flexibility index (Phi) is 7.56. The third-order valence-corrected chi connectivity index (χ3v) is 3.61. The molecule has 1 N–H and O–H groups in total. The maximum absolute atomic E-state index is 11.1. The number of carbonyl (C=O) groups is 1. The van der Waals surface area contributed by atoms with Gasteiger partial charge in [-0.05, 0) is 34.5 Å². The number of halogens is 1. The van der Waals surface area contributed by atoms with Gasteiger partial charge in [0.1, 0.15) is 11.3 Å². The topological polar surface area (TPSA) is 46.5 Å². The fourth-order valence-electron chi connectivity index (χ4n) is 1.90. The molecule has 4 heteroatoms. The quantitative estimate of drug-likeness (QED) is 0.656. The average molecular weight is 329 g/mol. The van der Waals surface area contributed by atoms with Crippen LogP contribution < -0.4 is 4.74 Å². The van der Waals surface area contributed by atoms with Crippen molar-refractivity contribution < 1.29 is 14.6 Å². The van der Waals surface area contributed by atoms with E-state index in [0.717, 1.165) is 12.8 Å². The van der Waals surface area contributed by atoms with Gasteiger partial charge in [0.05, 0.1) is 6.61 Å². The zero-order valence-corrected chi connectivity index (χ0v) is 12.9. The lowest BCUT2D eigenvalue weighted by Crippen LogP contribution is -2.05. The van der Waals surface area contributed by atoms with Crippen LogP contribution in [0.3, 0.4) is 0 Å². The molecule has 1 aromatic rings. The van der Waals surface area contributed by atoms with Crippen LogP contribution in [0.5, 0.6) is 5.75 Å². The van der Waals surface area contributed by atoms with Crippen molar-refractivity contribution in [1.82, 2.24) is 0 Å². The summed E-state index contributed by atoms with van der Waals surface area (Å²) in [6, 6.07) is 5.19. The standard InChI is InChI=1S/C15H21BrO3/c1-2-3-4-5-6-7-11-19-13-10-8-9-12(16)14(13)15(17)18/h8-10H,2-7,11H2,1H3,(H,17,18). The molecule has 0 fully saturated rings. The molecule has 1 aromatic carbocycles. The second-order valence-electron chi connectivity index (χ2n) is 4.53. The summed E-state index contributed by atoms with van der Waals surface area (Å²) in [6.45, 7) is 2.77. The van der Waals surface area contributed by atoms with E-state index in [0.29, 0.717) is 16.8 Å². The van der Waals surface area contributed by atoms with Crippen LogP contribution >= 0.6 is 15.9 Å². The monoisotopic (exact) mass is 328 g/mol. The zero-order chi connectivity index (χ0) is 14.1. The molecule has 0 spiro atoms. The first-order chi connectivity index (χ1) is 9.16. The number of benzene rings is 1. The van der Waals surface area contributed by atoms with E-state index in [9.17, 15) is 4.79 Å². The lowest BCUT2D eigenvalue weighted by molar-refractivity contribution is 0.0691. The van der Waals surface area contributed by atoms with Gasteiger partial charge in [-0.1, -0.05) is 45.1 Å². The number of ether oxygens (including phenoxy) is 1. The number of aromatic carboxylic acids is 1. The Labute approximate surface area is 123 Å². The van der Waals surface area contributed by atoms with Crippen molar-refractivity contribution in [3.05, 3.63) is 28.2 Å². The van der Waals surface area contributed by atoms with Crippen molar-refractivity contribution in [3.63, 3.8) is 0 Å². The maximum Gasteiger partial charge on any atom is 0.340 e. The summed E-state index contributed by atoms with van der Waals surface area (Å²) in [4.78, 5) is 11.1. The summed E-state index contributed by atoms with van der Waals surface area (Å²) in [6.07, 6.45) is 7.13. The van der Waals surface area contributed by atoms with Crippen molar-refractivity contribution in [1.29, 1.82) is 0 Å². The van der Waals surface area contributed by atoms with Crippen molar-refractivity contribution in [2.75, 3.05) is 6.61 Å². The first-order valence-corrected chi connectivity index (χ1v) is 7.60. The van der Waals surface area contributed by atoms with Crippen LogP contribution in [0.4, 0.5) is 0 Å². The van der Waals surface area contributed by atoms with Gasteiger partial charge in [0.2, 0.25) is 0 Å². The van der Waals surface area contributed by atoms with Gasteiger partial charge in [0, 0.05) is 4.47 Å². The molecule has 0 heterocycles. The molecule has 0 aliphatic heterocycles. The van der Waals surface area contributed by atoms with Crippen molar-refractivity contribution in [3.8, 4) is 5.75 Å². The second kappa shape index (κ2) is 8.97. The molecule has 3 nitrogen and oxygen atoms in total. The van der Waals surface area contributed by atoms with E-state index in [2.05, 4.69) is 22.9 Å². The largest absolute Gasteiger partial charge is 0.493 e. The summed E-state index contributed by atoms with van der Waals surface area (Å²) in [5.41, 5.74) is 0.202. The van der Waals surface area contributed by atoms with Crippen LogP contribution in [0.15, 0.2) is 22.7 Å². The van der Waals surface area contributed by atoms with Gasteiger partial charge in [0.15, 0.2) is 0 Å². The molecule has 1 rings (SSSR count). The summed E-state index contributed by atoms with van der Waals surface area (Å²) in [5, 5.41) is 9.14. The van der Waals surface area contributed by atoms with Gasteiger partial charge in [0.25, 0.3) is 0 Å². The highest BCUT2D eigenvalue weighted by molar-refractivity contribution is 9.10. The van der Waals surface area contributed by atoms with E-state index in [1.54, 1.807) is 18.2 Å². The third-order valence-electron chi connectivity index (χ3n) is 2.94. The fraction of sp³-hybridized carbons (Fsp3) is 0.533. The number of hydrogen-bond acceptors (Lipinski definition) is 2. The Morgan fingerprint density at radius 1 is 1.21 bits per heavy atom. The lowest BCUT2D eigenvalue weighted by Gasteiger charge is -2.10. The van der Waals surface area contributed by atoms with Crippen molar-refractivity contribution in [2.24, 2.45) is 0 Å². The molecule has 0 radical (unpaired) electrons. The molecule has 0 atom stereocenters. The Morgan fingerprint density at radius 2 is 1.89 bits per heavy atom. The Bertz CT molecular complexity index is 404. The minimum atomic E-state index is -0.967. The van der Waals surface area contributed by atoms with Gasteiger partial charge in [-0.3, -0.25) is 0 Å². The summed E-state index contributed by atoms with van der Waals surface area (Å²) >= 11 is 3.24. The molecule has 0 aliphatic rings. The first kappa shape index (κ1) is 16.0. The molecule has 0 aliphatic carbocycles. The molecule has 0 bridgehead atoms. The smallest absolute Gasteiger partial charge is 0.340 e. The van der Waals surface area contributed by atoms with Crippen LogP contribution in [0.1, 0.15) is 55.8 Å². The number of carboxylic acid groups (broad SMARTS) is 1. The SMILES string of the molecule is CCCCCCCCOc1cccc(Br)c1C(=O)O. The van der Waals surface area contributed by atoms with E-state index >= 15 is 0 Å². The van der Waals surface area contributed by atoms with E-state index in [1.807, 2.05) is 0 Å². The molecule has 0 amide bonds. The number of hydrogen-bond donors (Lipinski definition) is 1. The Hall–Kier alpha value is -1.03. The predicted molar refractivity (Wildman–Crippen MR) is 80.0 cm³/mol. The molecular formula is C15H21BrO3. The summed E-state index contributed by atoms with van der Waals surface area (Å²) < 4.78 is 6.13. The molecular weight excluding hydrogens is 308 g/mol. The molecule has 0 saturated heterocycles. The molecule has 0 unspecified atom stereocenters. The minimum absolute atomic E-state index is 0.202. The van der Waals surface area contributed by atoms with E-state index in [-0.39, 0.29) is 5.56 Å². The first-order valence-electron chi connectivity index (χ1n) is 6.81.